The van der Waals surface area contributed by atoms with E-state index in [4.69, 9.17) is 5.26 Å². The van der Waals surface area contributed by atoms with E-state index in [1.807, 2.05) is 36.4 Å². The van der Waals surface area contributed by atoms with Crippen LogP contribution in [-0.2, 0) is 0 Å². The third-order valence-corrected chi connectivity index (χ3v) is 3.31. The fourth-order valence-electron chi connectivity index (χ4n) is 2.06. The van der Waals surface area contributed by atoms with Crippen LogP contribution in [0.15, 0.2) is 65.8 Å². The van der Waals surface area contributed by atoms with Crippen molar-refractivity contribution in [3.05, 3.63) is 77.5 Å². The van der Waals surface area contributed by atoms with Gasteiger partial charge < -0.3 is 0 Å². The number of hydrogen-bond acceptors (Lipinski definition) is 4. The molecule has 116 valence electrons. The second-order valence-electron chi connectivity index (χ2n) is 4.97. The topological polar surface area (TPSA) is 93.9 Å². The molecule has 2 aromatic carbocycles. The molecule has 6 nitrogen and oxygen atoms in total. The molecule has 2 N–H and O–H groups in total. The Kier molecular flexibility index (Phi) is 4.45. The maximum absolute atomic E-state index is 12.0. The van der Waals surface area contributed by atoms with Crippen LogP contribution >= 0.6 is 0 Å². The highest BCUT2D eigenvalue weighted by molar-refractivity contribution is 5.94. The standard InChI is InChI=1S/C18H13N5O/c19-11-13-6-8-14(9-7-13)12-20-23-18(24)17-10-16(21-22-17)15-4-2-1-3-5-15/h1-10,12H,(H,21,22)(H,23,24)/b20-12-. The number of benzene rings is 2. The zero-order valence-electron chi connectivity index (χ0n) is 12.6. The molecule has 3 aromatic rings. The lowest BCUT2D eigenvalue weighted by Gasteiger charge is -1.96. The second kappa shape index (κ2) is 7.03. The fraction of sp³-hybridized carbons (Fsp3) is 0. The van der Waals surface area contributed by atoms with Crippen molar-refractivity contribution in [2.75, 3.05) is 0 Å². The largest absolute Gasteiger partial charge is 0.289 e. The number of hydrogen-bond donors (Lipinski definition) is 2. The SMILES string of the molecule is N#Cc1ccc(/C=N\NC(=O)c2cc(-c3ccccc3)n[nH]2)cc1. The van der Waals surface area contributed by atoms with E-state index >= 15 is 0 Å². The molecule has 0 saturated carbocycles. The van der Waals surface area contributed by atoms with Gasteiger partial charge in [-0.2, -0.15) is 15.5 Å². The first kappa shape index (κ1) is 15.2. The highest BCUT2D eigenvalue weighted by atomic mass is 16.2. The molecular weight excluding hydrogens is 302 g/mol. The lowest BCUT2D eigenvalue weighted by molar-refractivity contribution is 0.0950. The number of nitriles is 1. The van der Waals surface area contributed by atoms with Gasteiger partial charge in [0.25, 0.3) is 5.91 Å². The third kappa shape index (κ3) is 3.54. The van der Waals surface area contributed by atoms with Crippen molar-refractivity contribution >= 4 is 12.1 Å². The number of nitrogens with one attached hydrogen (secondary N) is 2. The number of rotatable bonds is 4. The van der Waals surface area contributed by atoms with Gasteiger partial charge in [-0.1, -0.05) is 42.5 Å². The van der Waals surface area contributed by atoms with Gasteiger partial charge >= 0.3 is 0 Å². The Morgan fingerprint density at radius 3 is 2.62 bits per heavy atom. The maximum atomic E-state index is 12.0. The Morgan fingerprint density at radius 1 is 1.17 bits per heavy atom. The van der Waals surface area contributed by atoms with Crippen LogP contribution in [0.25, 0.3) is 11.3 Å². The predicted molar refractivity (Wildman–Crippen MR) is 90.2 cm³/mol. The minimum atomic E-state index is -0.380. The van der Waals surface area contributed by atoms with Crippen LogP contribution < -0.4 is 5.43 Å². The van der Waals surface area contributed by atoms with Gasteiger partial charge in [-0.15, -0.1) is 0 Å². The molecule has 3 rings (SSSR count). The summed E-state index contributed by atoms with van der Waals surface area (Å²) in [7, 11) is 0. The van der Waals surface area contributed by atoms with Crippen molar-refractivity contribution < 1.29 is 4.79 Å². The second-order valence-corrected chi connectivity index (χ2v) is 4.97. The summed E-state index contributed by atoms with van der Waals surface area (Å²) < 4.78 is 0. The highest BCUT2D eigenvalue weighted by Crippen LogP contribution is 2.16. The summed E-state index contributed by atoms with van der Waals surface area (Å²) in [5.41, 5.74) is 5.73. The summed E-state index contributed by atoms with van der Waals surface area (Å²) in [5.74, 6) is -0.380. The molecule has 0 aliphatic carbocycles. The summed E-state index contributed by atoms with van der Waals surface area (Å²) in [4.78, 5) is 12.0. The van der Waals surface area contributed by atoms with Crippen LogP contribution in [0.5, 0.6) is 0 Å². The Balaban J connectivity index is 1.64. The van der Waals surface area contributed by atoms with E-state index in [0.29, 0.717) is 17.0 Å². The van der Waals surface area contributed by atoms with Crippen LogP contribution in [0, 0.1) is 11.3 Å². The molecule has 0 bridgehead atoms. The van der Waals surface area contributed by atoms with Crippen LogP contribution in [0.1, 0.15) is 21.6 Å². The van der Waals surface area contributed by atoms with Gasteiger partial charge in [-0.25, -0.2) is 5.43 Å². The number of hydrazone groups is 1. The summed E-state index contributed by atoms with van der Waals surface area (Å²) in [5, 5.41) is 19.5. The zero-order chi connectivity index (χ0) is 16.8. The van der Waals surface area contributed by atoms with Gasteiger partial charge in [0.15, 0.2) is 0 Å². The number of nitrogens with zero attached hydrogens (tertiary/aromatic N) is 3. The molecule has 6 heteroatoms. The number of aromatic amines is 1. The van der Waals surface area contributed by atoms with Gasteiger partial charge in [0.05, 0.1) is 23.5 Å². The molecule has 0 aliphatic heterocycles. The fourth-order valence-corrected chi connectivity index (χ4v) is 2.06. The monoisotopic (exact) mass is 315 g/mol. The normalized spacial score (nSPS) is 10.5. The van der Waals surface area contributed by atoms with Gasteiger partial charge in [0, 0.05) is 5.56 Å². The van der Waals surface area contributed by atoms with Crippen LogP contribution in [0.2, 0.25) is 0 Å². The Morgan fingerprint density at radius 2 is 1.92 bits per heavy atom. The molecule has 0 radical (unpaired) electrons. The number of carbonyl (C=O) groups excluding carboxylic acids is 1. The van der Waals surface area contributed by atoms with Crippen molar-refractivity contribution in [1.29, 1.82) is 5.26 Å². The number of amides is 1. The van der Waals surface area contributed by atoms with Crippen LogP contribution in [0.3, 0.4) is 0 Å². The van der Waals surface area contributed by atoms with E-state index in [-0.39, 0.29) is 5.91 Å². The third-order valence-electron chi connectivity index (χ3n) is 3.31. The molecule has 1 amide bonds. The smallest absolute Gasteiger partial charge is 0.272 e. The predicted octanol–water partition coefficient (Wildman–Crippen LogP) is 2.71. The summed E-state index contributed by atoms with van der Waals surface area (Å²) in [6.45, 7) is 0. The Labute approximate surface area is 138 Å². The Hall–Kier alpha value is -3.72. The minimum absolute atomic E-state index is 0.325. The molecular formula is C18H13N5O. The van der Waals surface area contributed by atoms with Crippen molar-refractivity contribution in [3.63, 3.8) is 0 Å². The zero-order valence-corrected chi connectivity index (χ0v) is 12.6. The highest BCUT2D eigenvalue weighted by Gasteiger charge is 2.09. The molecule has 0 spiro atoms. The van der Waals surface area contributed by atoms with Gasteiger partial charge in [0.2, 0.25) is 0 Å². The summed E-state index contributed by atoms with van der Waals surface area (Å²) in [6, 6.07) is 20.1. The van der Waals surface area contributed by atoms with E-state index in [1.165, 1.54) is 6.21 Å². The minimum Gasteiger partial charge on any atom is -0.272 e. The van der Waals surface area contributed by atoms with Crippen molar-refractivity contribution in [2.24, 2.45) is 5.10 Å². The average Bonchev–Trinajstić information content (AvgIpc) is 3.13. The van der Waals surface area contributed by atoms with E-state index in [9.17, 15) is 4.79 Å². The first-order chi connectivity index (χ1) is 11.8. The number of H-pyrrole nitrogens is 1. The summed E-state index contributed by atoms with van der Waals surface area (Å²) >= 11 is 0. The lowest BCUT2D eigenvalue weighted by Crippen LogP contribution is -2.17. The number of carbonyl (C=O) groups is 1. The molecule has 1 heterocycles. The van der Waals surface area contributed by atoms with Crippen molar-refractivity contribution in [1.82, 2.24) is 15.6 Å². The maximum Gasteiger partial charge on any atom is 0.289 e. The van der Waals surface area contributed by atoms with E-state index < -0.39 is 0 Å². The van der Waals surface area contributed by atoms with E-state index in [2.05, 4.69) is 20.7 Å². The molecule has 0 saturated heterocycles. The Bertz CT molecular complexity index is 905. The molecule has 0 fully saturated rings. The summed E-state index contributed by atoms with van der Waals surface area (Å²) in [6.07, 6.45) is 1.51. The van der Waals surface area contributed by atoms with E-state index in [1.54, 1.807) is 30.3 Å². The van der Waals surface area contributed by atoms with Crippen LogP contribution in [0.4, 0.5) is 0 Å². The average molecular weight is 315 g/mol. The van der Waals surface area contributed by atoms with E-state index in [0.717, 1.165) is 11.1 Å². The van der Waals surface area contributed by atoms with Gasteiger partial charge in [-0.3, -0.25) is 9.89 Å². The van der Waals surface area contributed by atoms with Crippen molar-refractivity contribution in [3.8, 4) is 17.3 Å². The van der Waals surface area contributed by atoms with Gasteiger partial charge in [0.1, 0.15) is 5.69 Å². The van der Waals surface area contributed by atoms with Gasteiger partial charge in [-0.05, 0) is 23.8 Å². The molecule has 1 aromatic heterocycles. The molecule has 0 atom stereocenters. The molecule has 24 heavy (non-hydrogen) atoms. The first-order valence-electron chi connectivity index (χ1n) is 7.20. The lowest BCUT2D eigenvalue weighted by atomic mass is 10.1. The number of aromatic nitrogens is 2. The quantitative estimate of drug-likeness (QED) is 0.572. The van der Waals surface area contributed by atoms with Crippen LogP contribution in [-0.4, -0.2) is 22.3 Å². The molecule has 0 aliphatic rings. The van der Waals surface area contributed by atoms with Crippen molar-refractivity contribution in [2.45, 2.75) is 0 Å². The first-order valence-corrected chi connectivity index (χ1v) is 7.20. The molecule has 0 unspecified atom stereocenters.